The van der Waals surface area contributed by atoms with Gasteiger partial charge in [-0.05, 0) is 49.4 Å². The number of hydrogen-bond donors (Lipinski definition) is 2. The van der Waals surface area contributed by atoms with Crippen LogP contribution in [0.4, 0.5) is 5.69 Å². The minimum absolute atomic E-state index is 0. The molecule has 1 aliphatic rings. The summed E-state index contributed by atoms with van der Waals surface area (Å²) in [5.41, 5.74) is 3.34. The zero-order valence-electron chi connectivity index (χ0n) is 13.8. The first-order valence-electron chi connectivity index (χ1n) is 8.46. The molecule has 0 radical (unpaired) electrons. The van der Waals surface area contributed by atoms with Gasteiger partial charge < -0.3 is 10.6 Å². The molecule has 0 saturated carbocycles. The molecule has 24 heavy (non-hydrogen) atoms. The summed E-state index contributed by atoms with van der Waals surface area (Å²) in [5, 5.41) is 6.53. The normalized spacial score (nSPS) is 16.4. The standard InChI is InChI=1S/C20H24N2O.ClH/c23-20(13-12-18-10-6-14-21-18)22-19-11-5-4-9-17(19)15-16-7-2-1-3-8-16;/h1-5,7-9,11,18,21H,6,10,12-15H2,(H,22,23);1H. The zero-order chi connectivity index (χ0) is 15.9. The van der Waals surface area contributed by atoms with Crippen LogP contribution in [0.15, 0.2) is 54.6 Å². The maximum atomic E-state index is 12.2. The van der Waals surface area contributed by atoms with Crippen LogP contribution in [0.1, 0.15) is 36.8 Å². The molecule has 128 valence electrons. The number of hydrogen-bond acceptors (Lipinski definition) is 2. The Morgan fingerprint density at radius 2 is 1.83 bits per heavy atom. The topological polar surface area (TPSA) is 41.1 Å². The molecular weight excluding hydrogens is 320 g/mol. The van der Waals surface area contributed by atoms with E-state index >= 15 is 0 Å². The lowest BCUT2D eigenvalue weighted by Gasteiger charge is -2.13. The first kappa shape index (κ1) is 18.5. The second kappa shape index (κ2) is 9.45. The number of halogens is 1. The third kappa shape index (κ3) is 5.36. The summed E-state index contributed by atoms with van der Waals surface area (Å²) in [4.78, 5) is 12.2. The van der Waals surface area contributed by atoms with Crippen molar-refractivity contribution in [1.29, 1.82) is 0 Å². The predicted octanol–water partition coefficient (Wildman–Crippen LogP) is 4.17. The van der Waals surface area contributed by atoms with E-state index in [-0.39, 0.29) is 18.3 Å². The van der Waals surface area contributed by atoms with Crippen molar-refractivity contribution in [3.8, 4) is 0 Å². The number of carbonyl (C=O) groups is 1. The Morgan fingerprint density at radius 1 is 1.08 bits per heavy atom. The van der Waals surface area contributed by atoms with E-state index in [2.05, 4.69) is 28.8 Å². The van der Waals surface area contributed by atoms with Crippen molar-refractivity contribution in [2.45, 2.75) is 38.1 Å². The Morgan fingerprint density at radius 3 is 2.58 bits per heavy atom. The number of rotatable bonds is 6. The average Bonchev–Trinajstić information content (AvgIpc) is 3.09. The highest BCUT2D eigenvalue weighted by atomic mass is 35.5. The van der Waals surface area contributed by atoms with Gasteiger partial charge in [0.05, 0.1) is 0 Å². The van der Waals surface area contributed by atoms with Crippen LogP contribution in [0.2, 0.25) is 0 Å². The summed E-state index contributed by atoms with van der Waals surface area (Å²) >= 11 is 0. The third-order valence-electron chi connectivity index (χ3n) is 4.41. The highest BCUT2D eigenvalue weighted by Gasteiger charge is 2.15. The molecule has 2 aromatic rings. The van der Waals surface area contributed by atoms with Gasteiger partial charge in [-0.2, -0.15) is 0 Å². The molecule has 0 spiro atoms. The smallest absolute Gasteiger partial charge is 0.224 e. The van der Waals surface area contributed by atoms with Gasteiger partial charge in [0.15, 0.2) is 0 Å². The van der Waals surface area contributed by atoms with E-state index in [1.54, 1.807) is 0 Å². The van der Waals surface area contributed by atoms with Gasteiger partial charge in [-0.25, -0.2) is 0 Å². The van der Waals surface area contributed by atoms with Crippen molar-refractivity contribution in [3.63, 3.8) is 0 Å². The Labute approximate surface area is 150 Å². The fourth-order valence-corrected chi connectivity index (χ4v) is 3.13. The zero-order valence-corrected chi connectivity index (χ0v) is 14.6. The summed E-state index contributed by atoms with van der Waals surface area (Å²) < 4.78 is 0. The van der Waals surface area contributed by atoms with Crippen LogP contribution in [0.5, 0.6) is 0 Å². The number of anilines is 1. The van der Waals surface area contributed by atoms with Gasteiger partial charge in [0, 0.05) is 18.2 Å². The van der Waals surface area contributed by atoms with Crippen molar-refractivity contribution in [1.82, 2.24) is 5.32 Å². The van der Waals surface area contributed by atoms with Crippen molar-refractivity contribution >= 4 is 24.0 Å². The molecule has 0 aromatic heterocycles. The van der Waals surface area contributed by atoms with Crippen LogP contribution < -0.4 is 10.6 Å². The van der Waals surface area contributed by atoms with E-state index in [1.165, 1.54) is 18.4 Å². The Hall–Kier alpha value is -1.84. The molecule has 4 heteroatoms. The molecule has 1 unspecified atom stereocenters. The molecular formula is C20H25ClN2O. The van der Waals surface area contributed by atoms with E-state index < -0.39 is 0 Å². The van der Waals surface area contributed by atoms with Gasteiger partial charge in [0.2, 0.25) is 5.91 Å². The first-order valence-corrected chi connectivity index (χ1v) is 8.46. The summed E-state index contributed by atoms with van der Waals surface area (Å²) in [7, 11) is 0. The fraction of sp³-hybridized carbons (Fsp3) is 0.350. The lowest BCUT2D eigenvalue weighted by atomic mass is 10.0. The minimum atomic E-state index is 0. The molecule has 2 aromatic carbocycles. The molecule has 1 atom stereocenters. The number of amides is 1. The maximum Gasteiger partial charge on any atom is 0.224 e. The van der Waals surface area contributed by atoms with E-state index in [4.69, 9.17) is 0 Å². The summed E-state index contributed by atoms with van der Waals surface area (Å²) in [6, 6.07) is 18.9. The monoisotopic (exact) mass is 344 g/mol. The van der Waals surface area contributed by atoms with Gasteiger partial charge in [-0.3, -0.25) is 4.79 Å². The van der Waals surface area contributed by atoms with Crippen LogP contribution in [-0.4, -0.2) is 18.5 Å². The average molecular weight is 345 g/mol. The molecule has 1 saturated heterocycles. The van der Waals surface area contributed by atoms with Crippen LogP contribution in [-0.2, 0) is 11.2 Å². The van der Waals surface area contributed by atoms with Crippen LogP contribution >= 0.6 is 12.4 Å². The highest BCUT2D eigenvalue weighted by molar-refractivity contribution is 5.91. The maximum absolute atomic E-state index is 12.2. The van der Waals surface area contributed by atoms with Crippen molar-refractivity contribution < 1.29 is 4.79 Å². The molecule has 2 N–H and O–H groups in total. The van der Waals surface area contributed by atoms with E-state index in [0.29, 0.717) is 12.5 Å². The number of para-hydroxylation sites is 1. The predicted molar refractivity (Wildman–Crippen MR) is 102 cm³/mol. The molecule has 0 bridgehead atoms. The summed E-state index contributed by atoms with van der Waals surface area (Å²) in [6.07, 6.45) is 4.76. The van der Waals surface area contributed by atoms with Crippen molar-refractivity contribution in [3.05, 3.63) is 65.7 Å². The van der Waals surface area contributed by atoms with Gasteiger partial charge in [-0.15, -0.1) is 12.4 Å². The quantitative estimate of drug-likeness (QED) is 0.825. The van der Waals surface area contributed by atoms with Crippen molar-refractivity contribution in [2.24, 2.45) is 0 Å². The molecule has 3 rings (SSSR count). The summed E-state index contributed by atoms with van der Waals surface area (Å²) in [6.45, 7) is 1.09. The van der Waals surface area contributed by atoms with Gasteiger partial charge >= 0.3 is 0 Å². The number of benzene rings is 2. The highest BCUT2D eigenvalue weighted by Crippen LogP contribution is 2.20. The van der Waals surface area contributed by atoms with E-state index in [0.717, 1.165) is 30.6 Å². The Bertz CT molecular complexity index is 639. The molecule has 1 aliphatic heterocycles. The van der Waals surface area contributed by atoms with E-state index in [1.807, 2.05) is 36.4 Å². The number of nitrogens with one attached hydrogen (secondary N) is 2. The number of carbonyl (C=O) groups excluding carboxylic acids is 1. The summed E-state index contributed by atoms with van der Waals surface area (Å²) in [5.74, 6) is 0.110. The third-order valence-corrected chi connectivity index (χ3v) is 4.41. The van der Waals surface area contributed by atoms with Gasteiger partial charge in [-0.1, -0.05) is 48.5 Å². The lowest BCUT2D eigenvalue weighted by molar-refractivity contribution is -0.116. The molecule has 1 fully saturated rings. The fourth-order valence-electron chi connectivity index (χ4n) is 3.13. The minimum Gasteiger partial charge on any atom is -0.326 e. The SMILES string of the molecule is Cl.O=C(CCC1CCCN1)Nc1ccccc1Cc1ccccc1. The van der Waals surface area contributed by atoms with E-state index in [9.17, 15) is 4.79 Å². The van der Waals surface area contributed by atoms with Crippen LogP contribution in [0.3, 0.4) is 0 Å². The Balaban J connectivity index is 0.00000208. The molecule has 0 aliphatic carbocycles. The first-order chi connectivity index (χ1) is 11.3. The molecule has 1 heterocycles. The Kier molecular flexibility index (Phi) is 7.29. The molecule has 1 amide bonds. The van der Waals surface area contributed by atoms with Crippen LogP contribution in [0.25, 0.3) is 0 Å². The lowest BCUT2D eigenvalue weighted by Crippen LogP contribution is -2.23. The second-order valence-electron chi connectivity index (χ2n) is 6.20. The van der Waals surface area contributed by atoms with Crippen molar-refractivity contribution in [2.75, 3.05) is 11.9 Å². The molecule has 3 nitrogen and oxygen atoms in total. The largest absolute Gasteiger partial charge is 0.326 e. The van der Waals surface area contributed by atoms with Gasteiger partial charge in [0.1, 0.15) is 0 Å². The second-order valence-corrected chi connectivity index (χ2v) is 6.20. The van der Waals surface area contributed by atoms with Crippen LogP contribution in [0, 0.1) is 0 Å². The van der Waals surface area contributed by atoms with Gasteiger partial charge in [0.25, 0.3) is 0 Å².